The van der Waals surface area contributed by atoms with E-state index in [1.165, 1.54) is 12.8 Å². The van der Waals surface area contributed by atoms with Crippen LogP contribution in [0.1, 0.15) is 45.6 Å². The molecule has 2 N–H and O–H groups in total. The van der Waals surface area contributed by atoms with Gasteiger partial charge in [0.25, 0.3) is 0 Å². The van der Waals surface area contributed by atoms with Crippen LogP contribution in [0.25, 0.3) is 0 Å². The van der Waals surface area contributed by atoms with Gasteiger partial charge in [-0.25, -0.2) is 9.97 Å². The minimum atomic E-state index is 0.531. The molecule has 1 aromatic heterocycles. The molecule has 18 heavy (non-hydrogen) atoms. The zero-order valence-electron chi connectivity index (χ0n) is 11.7. The highest BCUT2D eigenvalue weighted by molar-refractivity contribution is 5.57. The fourth-order valence-electron chi connectivity index (χ4n) is 2.79. The third-order valence-electron chi connectivity index (χ3n) is 4.10. The number of hydrogen-bond acceptors (Lipinski definition) is 4. The molecule has 0 radical (unpaired) electrons. The van der Waals surface area contributed by atoms with E-state index in [4.69, 9.17) is 5.73 Å². The second kappa shape index (κ2) is 5.55. The van der Waals surface area contributed by atoms with Crippen LogP contribution < -0.4 is 10.6 Å². The highest BCUT2D eigenvalue weighted by atomic mass is 15.2. The summed E-state index contributed by atoms with van der Waals surface area (Å²) in [6.07, 6.45) is 6.17. The molecule has 1 aliphatic rings. The van der Waals surface area contributed by atoms with Crippen molar-refractivity contribution in [3.63, 3.8) is 0 Å². The molecule has 1 aromatic rings. The highest BCUT2D eigenvalue weighted by Gasteiger charge is 2.27. The van der Waals surface area contributed by atoms with Crippen LogP contribution in [0.15, 0.2) is 6.33 Å². The van der Waals surface area contributed by atoms with Crippen LogP contribution in [0.4, 0.5) is 11.6 Å². The van der Waals surface area contributed by atoms with Crippen LogP contribution >= 0.6 is 0 Å². The minimum absolute atomic E-state index is 0.531. The first-order valence-corrected chi connectivity index (χ1v) is 7.01. The second-order valence-corrected chi connectivity index (χ2v) is 5.36. The lowest BCUT2D eigenvalue weighted by Crippen LogP contribution is -2.43. The lowest BCUT2D eigenvalue weighted by atomic mass is 9.91. The van der Waals surface area contributed by atoms with Gasteiger partial charge in [0.2, 0.25) is 0 Å². The molecule has 2 unspecified atom stereocenters. The van der Waals surface area contributed by atoms with E-state index in [1.54, 1.807) is 6.33 Å². The van der Waals surface area contributed by atoms with Gasteiger partial charge < -0.3 is 10.6 Å². The van der Waals surface area contributed by atoms with Crippen LogP contribution in [0, 0.1) is 5.92 Å². The fourth-order valence-corrected chi connectivity index (χ4v) is 2.79. The van der Waals surface area contributed by atoms with Crippen molar-refractivity contribution in [3.8, 4) is 0 Å². The van der Waals surface area contributed by atoms with Gasteiger partial charge in [-0.15, -0.1) is 0 Å². The minimum Gasteiger partial charge on any atom is -0.383 e. The van der Waals surface area contributed by atoms with Crippen LogP contribution in [0.3, 0.4) is 0 Å². The molecular weight excluding hydrogens is 224 g/mol. The predicted molar refractivity (Wildman–Crippen MR) is 75.6 cm³/mol. The summed E-state index contributed by atoms with van der Waals surface area (Å²) in [5.74, 6) is 2.42. The van der Waals surface area contributed by atoms with Crippen molar-refractivity contribution in [2.45, 2.75) is 52.5 Å². The van der Waals surface area contributed by atoms with E-state index in [0.29, 0.717) is 17.8 Å². The van der Waals surface area contributed by atoms with Gasteiger partial charge in [0.15, 0.2) is 0 Å². The van der Waals surface area contributed by atoms with E-state index in [2.05, 4.69) is 35.6 Å². The summed E-state index contributed by atoms with van der Waals surface area (Å²) in [7, 11) is 0. The van der Waals surface area contributed by atoms with Crippen molar-refractivity contribution in [1.29, 1.82) is 0 Å². The zero-order chi connectivity index (χ0) is 13.1. The maximum absolute atomic E-state index is 6.02. The molecule has 2 heterocycles. The number of piperidine rings is 1. The van der Waals surface area contributed by atoms with Crippen molar-refractivity contribution in [3.05, 3.63) is 11.9 Å². The summed E-state index contributed by atoms with van der Waals surface area (Å²) >= 11 is 0. The van der Waals surface area contributed by atoms with Gasteiger partial charge in [-0.1, -0.05) is 20.3 Å². The maximum atomic E-state index is 6.02. The lowest BCUT2D eigenvalue weighted by Gasteiger charge is -2.39. The van der Waals surface area contributed by atoms with E-state index < -0.39 is 0 Å². The maximum Gasteiger partial charge on any atom is 0.137 e. The van der Waals surface area contributed by atoms with E-state index in [-0.39, 0.29) is 0 Å². The molecule has 0 spiro atoms. The first-order valence-electron chi connectivity index (χ1n) is 7.01. The Bertz CT molecular complexity index is 405. The van der Waals surface area contributed by atoms with Crippen LogP contribution in [0.2, 0.25) is 0 Å². The third-order valence-corrected chi connectivity index (χ3v) is 4.10. The van der Waals surface area contributed by atoms with Gasteiger partial charge >= 0.3 is 0 Å². The third kappa shape index (κ3) is 2.42. The molecule has 1 fully saturated rings. The molecule has 0 amide bonds. The van der Waals surface area contributed by atoms with Gasteiger partial charge in [-0.3, -0.25) is 0 Å². The smallest absolute Gasteiger partial charge is 0.137 e. The SMILES string of the molecule is CCCc1c(N)ncnc1N1CCCC(C)C1C. The summed E-state index contributed by atoms with van der Waals surface area (Å²) in [4.78, 5) is 11.1. The number of nitrogens with zero attached hydrogens (tertiary/aromatic N) is 3. The molecule has 0 saturated carbocycles. The second-order valence-electron chi connectivity index (χ2n) is 5.36. The Balaban J connectivity index is 2.34. The molecule has 0 aromatic carbocycles. The first-order chi connectivity index (χ1) is 8.65. The molecule has 2 rings (SSSR count). The van der Waals surface area contributed by atoms with Crippen LogP contribution in [-0.2, 0) is 6.42 Å². The molecule has 2 atom stereocenters. The van der Waals surface area contributed by atoms with Crippen LogP contribution in [-0.4, -0.2) is 22.6 Å². The van der Waals surface area contributed by atoms with Crippen LogP contribution in [0.5, 0.6) is 0 Å². The normalized spacial score (nSPS) is 24.3. The van der Waals surface area contributed by atoms with Gasteiger partial charge in [-0.05, 0) is 32.1 Å². The Hall–Kier alpha value is -1.32. The molecule has 0 bridgehead atoms. The number of hydrogen-bond donors (Lipinski definition) is 1. The van der Waals surface area contributed by atoms with Crippen molar-refractivity contribution in [2.75, 3.05) is 17.2 Å². The summed E-state index contributed by atoms with van der Waals surface area (Å²) in [6, 6.07) is 0.531. The number of nitrogen functional groups attached to an aromatic ring is 1. The Morgan fingerprint density at radius 3 is 2.89 bits per heavy atom. The van der Waals surface area contributed by atoms with E-state index in [1.807, 2.05) is 0 Å². The van der Waals surface area contributed by atoms with E-state index in [9.17, 15) is 0 Å². The Labute approximate surface area is 110 Å². The predicted octanol–water partition coefficient (Wildman–Crippen LogP) is 2.64. The standard InChI is InChI=1S/C14H24N4/c1-4-6-12-13(15)16-9-17-14(12)18-8-5-7-10(2)11(18)3/h9-11H,4-8H2,1-3H3,(H2,15,16,17). The number of nitrogens with two attached hydrogens (primary N) is 1. The Morgan fingerprint density at radius 1 is 1.39 bits per heavy atom. The summed E-state index contributed by atoms with van der Waals surface area (Å²) in [5, 5.41) is 0. The molecular formula is C14H24N4. The van der Waals surface area contributed by atoms with Gasteiger partial charge in [0.1, 0.15) is 18.0 Å². The zero-order valence-corrected chi connectivity index (χ0v) is 11.7. The van der Waals surface area contributed by atoms with Gasteiger partial charge in [0, 0.05) is 18.2 Å². The first kappa shape index (κ1) is 13.1. The summed E-state index contributed by atoms with van der Waals surface area (Å²) < 4.78 is 0. The monoisotopic (exact) mass is 248 g/mol. The van der Waals surface area contributed by atoms with E-state index >= 15 is 0 Å². The molecule has 4 nitrogen and oxygen atoms in total. The average Bonchev–Trinajstić information content (AvgIpc) is 2.36. The fraction of sp³-hybridized carbons (Fsp3) is 0.714. The highest BCUT2D eigenvalue weighted by Crippen LogP contribution is 2.31. The Morgan fingerprint density at radius 2 is 2.17 bits per heavy atom. The molecule has 1 aliphatic heterocycles. The average molecular weight is 248 g/mol. The van der Waals surface area contributed by atoms with Gasteiger partial charge in [-0.2, -0.15) is 0 Å². The summed E-state index contributed by atoms with van der Waals surface area (Å²) in [6.45, 7) is 7.86. The molecule has 4 heteroatoms. The van der Waals surface area contributed by atoms with Crippen molar-refractivity contribution in [2.24, 2.45) is 5.92 Å². The van der Waals surface area contributed by atoms with E-state index in [0.717, 1.165) is 30.8 Å². The quantitative estimate of drug-likeness (QED) is 0.893. The number of anilines is 2. The molecule has 0 aliphatic carbocycles. The number of aromatic nitrogens is 2. The van der Waals surface area contributed by atoms with Crippen molar-refractivity contribution >= 4 is 11.6 Å². The number of rotatable bonds is 3. The van der Waals surface area contributed by atoms with Crippen molar-refractivity contribution < 1.29 is 0 Å². The lowest BCUT2D eigenvalue weighted by molar-refractivity contribution is 0.361. The van der Waals surface area contributed by atoms with Crippen molar-refractivity contribution in [1.82, 2.24) is 9.97 Å². The largest absolute Gasteiger partial charge is 0.383 e. The Kier molecular flexibility index (Phi) is 4.04. The molecule has 100 valence electrons. The van der Waals surface area contributed by atoms with Gasteiger partial charge in [0.05, 0.1) is 0 Å². The topological polar surface area (TPSA) is 55.0 Å². The summed E-state index contributed by atoms with van der Waals surface area (Å²) in [5.41, 5.74) is 7.14. The molecule has 1 saturated heterocycles.